The van der Waals surface area contributed by atoms with Gasteiger partial charge in [0.15, 0.2) is 0 Å². The van der Waals surface area contributed by atoms with Crippen molar-refractivity contribution in [2.24, 2.45) is 0 Å². The van der Waals surface area contributed by atoms with Crippen LogP contribution in [0.3, 0.4) is 0 Å². The molecule has 28 heavy (non-hydrogen) atoms. The lowest BCUT2D eigenvalue weighted by atomic mass is 10.1. The summed E-state index contributed by atoms with van der Waals surface area (Å²) in [4.78, 5) is 14.0. The first-order valence-corrected chi connectivity index (χ1v) is 10.00. The summed E-state index contributed by atoms with van der Waals surface area (Å²) in [6, 6.07) is 12.5. The van der Waals surface area contributed by atoms with E-state index in [0.717, 1.165) is 53.2 Å². The number of hydrogen-bond acceptors (Lipinski definition) is 3. The second kappa shape index (κ2) is 9.75. The summed E-state index contributed by atoms with van der Waals surface area (Å²) in [6.45, 7) is 6.42. The SMILES string of the molecule is CCC=Cc1ccnc(-c2cc(CC)cc(-c3cc(C=CCC)ccn3)n2)c1. The fourth-order valence-corrected chi connectivity index (χ4v) is 2.94. The van der Waals surface area contributed by atoms with Crippen LogP contribution in [0, 0.1) is 0 Å². The maximum atomic E-state index is 4.89. The Morgan fingerprint density at radius 3 is 1.61 bits per heavy atom. The van der Waals surface area contributed by atoms with Crippen molar-refractivity contribution in [3.8, 4) is 22.8 Å². The second-order valence-corrected chi connectivity index (χ2v) is 6.67. The molecule has 142 valence electrons. The van der Waals surface area contributed by atoms with Crippen LogP contribution in [0.5, 0.6) is 0 Å². The van der Waals surface area contributed by atoms with E-state index in [1.54, 1.807) is 0 Å². The van der Waals surface area contributed by atoms with Gasteiger partial charge in [-0.3, -0.25) is 9.97 Å². The molecular formula is C25H27N3. The molecule has 3 aromatic rings. The van der Waals surface area contributed by atoms with Crippen molar-refractivity contribution in [2.75, 3.05) is 0 Å². The third kappa shape index (κ3) is 5.01. The van der Waals surface area contributed by atoms with Gasteiger partial charge in [-0.25, -0.2) is 4.98 Å². The van der Waals surface area contributed by atoms with Crippen molar-refractivity contribution in [3.05, 3.63) is 77.6 Å². The van der Waals surface area contributed by atoms with Gasteiger partial charge in [-0.15, -0.1) is 0 Å². The summed E-state index contributed by atoms with van der Waals surface area (Å²) >= 11 is 0. The summed E-state index contributed by atoms with van der Waals surface area (Å²) in [5, 5.41) is 0. The number of aryl methyl sites for hydroxylation is 1. The van der Waals surface area contributed by atoms with Crippen LogP contribution in [0.25, 0.3) is 34.9 Å². The van der Waals surface area contributed by atoms with Gasteiger partial charge in [-0.2, -0.15) is 0 Å². The fourth-order valence-electron chi connectivity index (χ4n) is 2.94. The molecular weight excluding hydrogens is 342 g/mol. The molecule has 3 aromatic heterocycles. The van der Waals surface area contributed by atoms with Gasteiger partial charge in [0.25, 0.3) is 0 Å². The van der Waals surface area contributed by atoms with Gasteiger partial charge in [-0.1, -0.05) is 45.1 Å². The van der Waals surface area contributed by atoms with E-state index in [4.69, 9.17) is 4.98 Å². The average molecular weight is 370 g/mol. The van der Waals surface area contributed by atoms with Crippen LogP contribution < -0.4 is 0 Å². The number of rotatable bonds is 7. The highest BCUT2D eigenvalue weighted by atomic mass is 14.8. The summed E-state index contributed by atoms with van der Waals surface area (Å²) in [6.07, 6.45) is 15.2. The average Bonchev–Trinajstić information content (AvgIpc) is 2.76. The Kier molecular flexibility index (Phi) is 6.85. The predicted molar refractivity (Wildman–Crippen MR) is 119 cm³/mol. The molecule has 0 spiro atoms. The Morgan fingerprint density at radius 1 is 0.679 bits per heavy atom. The molecule has 3 rings (SSSR count). The third-order valence-corrected chi connectivity index (χ3v) is 4.48. The van der Waals surface area contributed by atoms with Crippen molar-refractivity contribution in [2.45, 2.75) is 40.0 Å². The minimum Gasteiger partial charge on any atom is -0.255 e. The Balaban J connectivity index is 2.04. The van der Waals surface area contributed by atoms with Crippen LogP contribution in [-0.2, 0) is 6.42 Å². The minimum absolute atomic E-state index is 0.886. The van der Waals surface area contributed by atoms with E-state index in [0.29, 0.717) is 0 Å². The maximum Gasteiger partial charge on any atom is 0.0897 e. The molecule has 0 aliphatic carbocycles. The number of nitrogens with zero attached hydrogens (tertiary/aromatic N) is 3. The molecule has 0 saturated carbocycles. The lowest BCUT2D eigenvalue weighted by molar-refractivity contribution is 1.11. The molecule has 0 fully saturated rings. The van der Waals surface area contributed by atoms with Crippen LogP contribution >= 0.6 is 0 Å². The van der Waals surface area contributed by atoms with Crippen molar-refractivity contribution < 1.29 is 0 Å². The molecule has 0 aliphatic heterocycles. The zero-order valence-electron chi connectivity index (χ0n) is 16.9. The lowest BCUT2D eigenvalue weighted by Gasteiger charge is -2.09. The van der Waals surface area contributed by atoms with Gasteiger partial charge in [0.2, 0.25) is 0 Å². The number of allylic oxidation sites excluding steroid dienone is 2. The molecule has 3 heteroatoms. The highest BCUT2D eigenvalue weighted by Crippen LogP contribution is 2.24. The van der Waals surface area contributed by atoms with Crippen molar-refractivity contribution >= 4 is 12.2 Å². The van der Waals surface area contributed by atoms with E-state index in [2.05, 4.69) is 79.3 Å². The first-order chi connectivity index (χ1) is 13.7. The van der Waals surface area contributed by atoms with Crippen LogP contribution in [0.4, 0.5) is 0 Å². The van der Waals surface area contributed by atoms with Crippen LogP contribution in [0.2, 0.25) is 0 Å². The normalized spacial score (nSPS) is 11.5. The monoisotopic (exact) mass is 369 g/mol. The molecule has 0 aromatic carbocycles. The van der Waals surface area contributed by atoms with Crippen LogP contribution in [0.1, 0.15) is 50.3 Å². The zero-order chi connectivity index (χ0) is 19.8. The Morgan fingerprint density at radius 2 is 1.18 bits per heavy atom. The molecule has 0 radical (unpaired) electrons. The van der Waals surface area contributed by atoms with E-state index in [9.17, 15) is 0 Å². The number of hydrogen-bond donors (Lipinski definition) is 0. The van der Waals surface area contributed by atoms with Gasteiger partial charge < -0.3 is 0 Å². The molecule has 0 atom stereocenters. The molecule has 3 heterocycles. The fraction of sp³-hybridized carbons (Fsp3) is 0.240. The molecule has 0 bridgehead atoms. The van der Waals surface area contributed by atoms with Gasteiger partial charge in [-0.05, 0) is 72.4 Å². The van der Waals surface area contributed by atoms with Gasteiger partial charge >= 0.3 is 0 Å². The Labute approximate surface area is 167 Å². The van der Waals surface area contributed by atoms with Gasteiger partial charge in [0, 0.05) is 12.4 Å². The largest absolute Gasteiger partial charge is 0.255 e. The summed E-state index contributed by atoms with van der Waals surface area (Å²) in [5.74, 6) is 0. The van der Waals surface area contributed by atoms with Gasteiger partial charge in [0.1, 0.15) is 0 Å². The highest BCUT2D eigenvalue weighted by molar-refractivity contribution is 5.67. The minimum atomic E-state index is 0.886. The zero-order valence-corrected chi connectivity index (χ0v) is 16.9. The first kappa shape index (κ1) is 19.7. The Bertz CT molecular complexity index is 911. The molecule has 0 N–H and O–H groups in total. The second-order valence-electron chi connectivity index (χ2n) is 6.67. The van der Waals surface area contributed by atoms with Crippen molar-refractivity contribution in [1.29, 1.82) is 0 Å². The van der Waals surface area contributed by atoms with E-state index in [1.807, 2.05) is 24.5 Å². The summed E-state index contributed by atoms with van der Waals surface area (Å²) in [7, 11) is 0. The Hall–Kier alpha value is -3.07. The molecule has 3 nitrogen and oxygen atoms in total. The van der Waals surface area contributed by atoms with Gasteiger partial charge in [0.05, 0.1) is 22.8 Å². The quantitative estimate of drug-likeness (QED) is 0.470. The number of aromatic nitrogens is 3. The number of pyridine rings is 3. The van der Waals surface area contributed by atoms with E-state index < -0.39 is 0 Å². The first-order valence-electron chi connectivity index (χ1n) is 10.00. The lowest BCUT2D eigenvalue weighted by Crippen LogP contribution is -1.96. The molecule has 0 unspecified atom stereocenters. The highest BCUT2D eigenvalue weighted by Gasteiger charge is 2.09. The van der Waals surface area contributed by atoms with Crippen molar-refractivity contribution in [3.63, 3.8) is 0 Å². The van der Waals surface area contributed by atoms with Crippen LogP contribution in [0.15, 0.2) is 60.9 Å². The van der Waals surface area contributed by atoms with E-state index in [-0.39, 0.29) is 0 Å². The smallest absolute Gasteiger partial charge is 0.0897 e. The summed E-state index contributed by atoms with van der Waals surface area (Å²) in [5.41, 5.74) is 7.06. The molecule has 0 amide bonds. The molecule has 0 aliphatic rings. The summed E-state index contributed by atoms with van der Waals surface area (Å²) < 4.78 is 0. The topological polar surface area (TPSA) is 38.7 Å². The van der Waals surface area contributed by atoms with Crippen molar-refractivity contribution in [1.82, 2.24) is 15.0 Å². The van der Waals surface area contributed by atoms with E-state index in [1.165, 1.54) is 5.56 Å². The molecule has 0 saturated heterocycles. The van der Waals surface area contributed by atoms with Crippen LogP contribution in [-0.4, -0.2) is 15.0 Å². The maximum absolute atomic E-state index is 4.89. The third-order valence-electron chi connectivity index (χ3n) is 4.48. The van der Waals surface area contributed by atoms with E-state index >= 15 is 0 Å². The predicted octanol–water partition coefficient (Wildman–Crippen LogP) is 6.61. The standard InChI is InChI=1S/C25H27N3/c1-4-7-9-20-11-13-26-22(17-20)24-15-19(6-3)16-25(28-24)23-18-21(10-8-5-2)12-14-27-23/h7-18H,4-6H2,1-3H3.